The predicted molar refractivity (Wildman–Crippen MR) is 61.6 cm³/mol. The molecule has 2 rings (SSSR count). The summed E-state index contributed by atoms with van der Waals surface area (Å²) in [5.41, 5.74) is 1.47. The first-order valence-corrected chi connectivity index (χ1v) is 5.11. The molecule has 0 aromatic carbocycles. The molecular weight excluding hydrogens is 247 g/mol. The number of fused-ring (bicyclic) bond motifs is 1. The Morgan fingerprint density at radius 1 is 1.65 bits per heavy atom. The minimum atomic E-state index is -1.08. The van der Waals surface area contributed by atoms with Gasteiger partial charge in [0.15, 0.2) is 5.65 Å². The minimum Gasteiger partial charge on any atom is -0.478 e. The van der Waals surface area contributed by atoms with Crippen molar-refractivity contribution in [2.45, 2.75) is 6.92 Å². The van der Waals surface area contributed by atoms with E-state index in [4.69, 9.17) is 16.7 Å². The van der Waals surface area contributed by atoms with Gasteiger partial charge in [-0.15, -0.1) is 0 Å². The van der Waals surface area contributed by atoms with Crippen LogP contribution in [0.4, 0.5) is 4.39 Å². The van der Waals surface area contributed by atoms with Gasteiger partial charge in [-0.25, -0.2) is 14.2 Å². The zero-order valence-electron chi connectivity index (χ0n) is 8.82. The third kappa shape index (κ3) is 2.14. The molecule has 2 aromatic rings. The Morgan fingerprint density at radius 2 is 2.35 bits per heavy atom. The van der Waals surface area contributed by atoms with Crippen LogP contribution in [0.2, 0.25) is 5.02 Å². The summed E-state index contributed by atoms with van der Waals surface area (Å²) in [6, 6.07) is 1.16. The Hall–Kier alpha value is -1.88. The van der Waals surface area contributed by atoms with Crippen molar-refractivity contribution in [3.8, 4) is 0 Å². The van der Waals surface area contributed by atoms with Gasteiger partial charge >= 0.3 is 5.97 Å². The normalized spacial score (nSPS) is 11.5. The van der Waals surface area contributed by atoms with Crippen molar-refractivity contribution in [1.29, 1.82) is 0 Å². The zero-order chi connectivity index (χ0) is 12.6. The summed E-state index contributed by atoms with van der Waals surface area (Å²) in [6.45, 7) is 1.70. The van der Waals surface area contributed by atoms with Crippen LogP contribution in [0.3, 0.4) is 0 Å². The van der Waals surface area contributed by atoms with Gasteiger partial charge in [0.2, 0.25) is 0 Å². The van der Waals surface area contributed by atoms with E-state index in [-0.39, 0.29) is 5.02 Å². The summed E-state index contributed by atoms with van der Waals surface area (Å²) in [7, 11) is 0. The summed E-state index contributed by atoms with van der Waals surface area (Å²) in [4.78, 5) is 14.6. The van der Waals surface area contributed by atoms with E-state index in [0.29, 0.717) is 17.0 Å². The Bertz CT molecular complexity index is 634. The van der Waals surface area contributed by atoms with Crippen LogP contribution < -0.4 is 0 Å². The molecule has 0 spiro atoms. The number of carboxylic acids is 1. The number of aromatic nitrogens is 2. The van der Waals surface area contributed by atoms with Gasteiger partial charge in [-0.3, -0.25) is 4.40 Å². The number of hydrogen-bond donors (Lipinski definition) is 1. The van der Waals surface area contributed by atoms with Gasteiger partial charge in [-0.05, 0) is 19.1 Å². The molecule has 6 heteroatoms. The van der Waals surface area contributed by atoms with Gasteiger partial charge in [-0.2, -0.15) is 0 Å². The molecule has 2 aromatic heterocycles. The Morgan fingerprint density at radius 3 is 3.00 bits per heavy atom. The molecule has 0 unspecified atom stereocenters. The molecule has 0 saturated carbocycles. The zero-order valence-corrected chi connectivity index (χ0v) is 9.57. The standard InChI is InChI=1S/C11H8ClFN2O2/c1-6-9(2-3-10(16)17)15-5-7(13)4-8(12)11(15)14-6/h2-5H,1H3,(H,16,17)/b3-2+. The van der Waals surface area contributed by atoms with Crippen LogP contribution >= 0.6 is 11.6 Å². The van der Waals surface area contributed by atoms with E-state index in [1.54, 1.807) is 6.92 Å². The van der Waals surface area contributed by atoms with E-state index in [1.165, 1.54) is 16.7 Å². The summed E-state index contributed by atoms with van der Waals surface area (Å²) in [5.74, 6) is -1.59. The second kappa shape index (κ2) is 4.18. The smallest absolute Gasteiger partial charge is 0.328 e. The molecule has 0 aliphatic rings. The van der Waals surface area contributed by atoms with Crippen molar-refractivity contribution >= 4 is 29.3 Å². The maximum Gasteiger partial charge on any atom is 0.328 e. The predicted octanol–water partition coefficient (Wildman–Crippen LogP) is 2.53. The van der Waals surface area contributed by atoms with E-state index in [2.05, 4.69) is 4.98 Å². The van der Waals surface area contributed by atoms with Crippen molar-refractivity contribution in [2.24, 2.45) is 0 Å². The third-order valence-corrected chi connectivity index (χ3v) is 2.52. The lowest BCUT2D eigenvalue weighted by atomic mass is 10.3. The lowest BCUT2D eigenvalue weighted by molar-refractivity contribution is -0.131. The van der Waals surface area contributed by atoms with Crippen molar-refractivity contribution in [1.82, 2.24) is 9.38 Å². The maximum atomic E-state index is 13.2. The molecule has 0 aliphatic heterocycles. The number of hydrogen-bond acceptors (Lipinski definition) is 2. The fourth-order valence-electron chi connectivity index (χ4n) is 1.55. The molecule has 1 N–H and O–H groups in total. The molecule has 0 aliphatic carbocycles. The van der Waals surface area contributed by atoms with Crippen LogP contribution in [0.25, 0.3) is 11.7 Å². The number of imidazole rings is 1. The number of rotatable bonds is 2. The largest absolute Gasteiger partial charge is 0.478 e. The fraction of sp³-hybridized carbons (Fsp3) is 0.0909. The van der Waals surface area contributed by atoms with E-state index in [1.807, 2.05) is 0 Å². The van der Waals surface area contributed by atoms with E-state index < -0.39 is 11.8 Å². The van der Waals surface area contributed by atoms with Crippen LogP contribution in [-0.4, -0.2) is 20.5 Å². The molecular formula is C11H8ClFN2O2. The van der Waals surface area contributed by atoms with Crippen molar-refractivity contribution < 1.29 is 14.3 Å². The van der Waals surface area contributed by atoms with Crippen molar-refractivity contribution in [3.63, 3.8) is 0 Å². The average Bonchev–Trinajstić information content (AvgIpc) is 2.52. The number of nitrogens with zero attached hydrogens (tertiary/aromatic N) is 2. The Kier molecular flexibility index (Phi) is 2.85. The fourth-order valence-corrected chi connectivity index (χ4v) is 1.79. The molecule has 0 amide bonds. The van der Waals surface area contributed by atoms with E-state index in [0.717, 1.165) is 12.1 Å². The van der Waals surface area contributed by atoms with E-state index >= 15 is 0 Å². The van der Waals surface area contributed by atoms with Crippen LogP contribution in [-0.2, 0) is 4.79 Å². The maximum absolute atomic E-state index is 13.2. The van der Waals surface area contributed by atoms with Gasteiger partial charge in [-0.1, -0.05) is 11.6 Å². The van der Waals surface area contributed by atoms with Gasteiger partial charge in [0, 0.05) is 12.3 Å². The Labute approximate surface area is 101 Å². The average molecular weight is 255 g/mol. The highest BCUT2D eigenvalue weighted by molar-refractivity contribution is 6.33. The molecule has 17 heavy (non-hydrogen) atoms. The second-order valence-corrected chi connectivity index (χ2v) is 3.86. The lowest BCUT2D eigenvalue weighted by Gasteiger charge is -1.99. The molecule has 0 radical (unpaired) electrons. The van der Waals surface area contributed by atoms with Gasteiger partial charge in [0.1, 0.15) is 5.82 Å². The van der Waals surface area contributed by atoms with Gasteiger partial charge < -0.3 is 5.11 Å². The van der Waals surface area contributed by atoms with Crippen molar-refractivity contribution in [2.75, 3.05) is 0 Å². The summed E-state index contributed by atoms with van der Waals surface area (Å²) in [6.07, 6.45) is 3.53. The number of carboxylic acid groups (broad SMARTS) is 1. The highest BCUT2D eigenvalue weighted by Gasteiger charge is 2.10. The number of pyridine rings is 1. The number of aliphatic carboxylic acids is 1. The first-order chi connectivity index (χ1) is 7.99. The monoisotopic (exact) mass is 254 g/mol. The lowest BCUT2D eigenvalue weighted by Crippen LogP contribution is -1.92. The number of carbonyl (C=O) groups is 1. The van der Waals surface area contributed by atoms with Crippen LogP contribution in [0.1, 0.15) is 11.4 Å². The third-order valence-electron chi connectivity index (χ3n) is 2.25. The van der Waals surface area contributed by atoms with Crippen LogP contribution in [0, 0.1) is 12.7 Å². The number of halogens is 2. The first kappa shape index (κ1) is 11.6. The highest BCUT2D eigenvalue weighted by Crippen LogP contribution is 2.22. The Balaban J connectivity index is 2.70. The highest BCUT2D eigenvalue weighted by atomic mass is 35.5. The van der Waals surface area contributed by atoms with E-state index in [9.17, 15) is 9.18 Å². The molecule has 4 nitrogen and oxygen atoms in total. The quantitative estimate of drug-likeness (QED) is 0.838. The second-order valence-electron chi connectivity index (χ2n) is 3.45. The minimum absolute atomic E-state index is 0.183. The number of aryl methyl sites for hydroxylation is 1. The van der Waals surface area contributed by atoms with Crippen LogP contribution in [0.15, 0.2) is 18.3 Å². The topological polar surface area (TPSA) is 54.6 Å². The summed E-state index contributed by atoms with van der Waals surface area (Å²) >= 11 is 5.85. The molecule has 0 bridgehead atoms. The molecule has 0 fully saturated rings. The SMILES string of the molecule is Cc1nc2c(Cl)cc(F)cn2c1/C=C/C(=O)O. The first-order valence-electron chi connectivity index (χ1n) is 4.74. The molecule has 2 heterocycles. The van der Waals surface area contributed by atoms with Gasteiger partial charge in [0.25, 0.3) is 0 Å². The van der Waals surface area contributed by atoms with Crippen molar-refractivity contribution in [3.05, 3.63) is 40.6 Å². The van der Waals surface area contributed by atoms with Gasteiger partial charge in [0.05, 0.1) is 16.4 Å². The molecule has 88 valence electrons. The molecule has 0 saturated heterocycles. The molecule has 0 atom stereocenters. The van der Waals surface area contributed by atoms with Crippen LogP contribution in [0.5, 0.6) is 0 Å². The summed E-state index contributed by atoms with van der Waals surface area (Å²) in [5, 5.41) is 8.75. The summed E-state index contributed by atoms with van der Waals surface area (Å²) < 4.78 is 14.6.